The van der Waals surface area contributed by atoms with Crippen LogP contribution in [0.4, 0.5) is 4.39 Å². The Labute approximate surface area is 109 Å². The predicted octanol–water partition coefficient (Wildman–Crippen LogP) is 3.02. The minimum absolute atomic E-state index is 0.0601. The number of nitrogens with zero attached hydrogens (tertiary/aromatic N) is 1. The molecule has 0 atom stereocenters. The van der Waals surface area contributed by atoms with Crippen molar-refractivity contribution in [1.82, 2.24) is 0 Å². The summed E-state index contributed by atoms with van der Waals surface area (Å²) in [6.45, 7) is 1.82. The van der Waals surface area contributed by atoms with Crippen LogP contribution in [0.1, 0.15) is 11.1 Å². The van der Waals surface area contributed by atoms with Gasteiger partial charge in [0.2, 0.25) is 0 Å². The molecular formula is C14H13FN2O2. The van der Waals surface area contributed by atoms with Gasteiger partial charge in [0, 0.05) is 6.07 Å². The Hall–Kier alpha value is -2.56. The van der Waals surface area contributed by atoms with Crippen molar-refractivity contribution in [2.75, 3.05) is 0 Å². The van der Waals surface area contributed by atoms with E-state index in [1.54, 1.807) is 24.3 Å². The summed E-state index contributed by atoms with van der Waals surface area (Å²) in [5.74, 6) is 0.330. The summed E-state index contributed by atoms with van der Waals surface area (Å²) in [5, 5.41) is 11.7. The van der Waals surface area contributed by atoms with Gasteiger partial charge in [-0.2, -0.15) is 0 Å². The van der Waals surface area contributed by atoms with E-state index in [4.69, 9.17) is 15.7 Å². The highest BCUT2D eigenvalue weighted by Crippen LogP contribution is 2.29. The summed E-state index contributed by atoms with van der Waals surface area (Å²) in [7, 11) is 0. The molecule has 2 aromatic rings. The van der Waals surface area contributed by atoms with Crippen molar-refractivity contribution in [1.29, 1.82) is 0 Å². The third-order valence-electron chi connectivity index (χ3n) is 2.61. The van der Waals surface area contributed by atoms with Gasteiger partial charge in [0.25, 0.3) is 0 Å². The van der Waals surface area contributed by atoms with Crippen LogP contribution in [0, 0.1) is 12.7 Å². The zero-order valence-corrected chi connectivity index (χ0v) is 10.3. The number of hydrogen-bond donors (Lipinski definition) is 2. The lowest BCUT2D eigenvalue weighted by Crippen LogP contribution is -2.14. The second-order valence-corrected chi connectivity index (χ2v) is 4.00. The minimum Gasteiger partial charge on any atom is -0.456 e. The van der Waals surface area contributed by atoms with Gasteiger partial charge in [0.05, 0.1) is 5.56 Å². The number of aryl methyl sites for hydroxylation is 1. The standard InChI is InChI=1S/C14H13FN2O2/c1-9-4-2-7-12(14(16)17-18)13(9)19-11-6-3-5-10(15)8-11/h2-8,18H,1H3,(H2,16,17). The van der Waals surface area contributed by atoms with Gasteiger partial charge in [-0.3, -0.25) is 0 Å². The number of para-hydroxylation sites is 1. The van der Waals surface area contributed by atoms with E-state index >= 15 is 0 Å². The van der Waals surface area contributed by atoms with Crippen molar-refractivity contribution >= 4 is 5.84 Å². The Morgan fingerprint density at radius 2 is 2.00 bits per heavy atom. The van der Waals surface area contributed by atoms with Crippen molar-refractivity contribution < 1.29 is 14.3 Å². The summed E-state index contributed by atoms with van der Waals surface area (Å²) in [6.07, 6.45) is 0. The van der Waals surface area contributed by atoms with Crippen molar-refractivity contribution in [3.63, 3.8) is 0 Å². The lowest BCUT2D eigenvalue weighted by molar-refractivity contribution is 0.318. The van der Waals surface area contributed by atoms with Gasteiger partial charge in [-0.1, -0.05) is 23.4 Å². The first kappa shape index (κ1) is 12.9. The van der Waals surface area contributed by atoms with E-state index in [2.05, 4.69) is 5.16 Å². The maximum atomic E-state index is 13.1. The molecule has 0 fully saturated rings. The number of amidine groups is 1. The van der Waals surface area contributed by atoms with Crippen LogP contribution in [-0.4, -0.2) is 11.0 Å². The third kappa shape index (κ3) is 2.82. The lowest BCUT2D eigenvalue weighted by atomic mass is 10.1. The van der Waals surface area contributed by atoms with Crippen molar-refractivity contribution in [3.8, 4) is 11.5 Å². The first-order valence-corrected chi connectivity index (χ1v) is 5.62. The first-order chi connectivity index (χ1) is 9.11. The molecule has 5 heteroatoms. The fourth-order valence-electron chi connectivity index (χ4n) is 1.69. The van der Waals surface area contributed by atoms with Gasteiger partial charge in [0.1, 0.15) is 17.3 Å². The van der Waals surface area contributed by atoms with Gasteiger partial charge in [-0.25, -0.2) is 4.39 Å². The Morgan fingerprint density at radius 3 is 2.68 bits per heavy atom. The molecule has 0 aliphatic heterocycles. The zero-order valence-electron chi connectivity index (χ0n) is 10.3. The molecule has 19 heavy (non-hydrogen) atoms. The maximum absolute atomic E-state index is 13.1. The molecule has 0 saturated carbocycles. The first-order valence-electron chi connectivity index (χ1n) is 5.62. The van der Waals surface area contributed by atoms with Crippen LogP contribution in [0.3, 0.4) is 0 Å². The van der Waals surface area contributed by atoms with Gasteiger partial charge >= 0.3 is 0 Å². The number of nitrogens with two attached hydrogens (primary N) is 1. The van der Waals surface area contributed by atoms with Crippen molar-refractivity contribution in [3.05, 3.63) is 59.4 Å². The van der Waals surface area contributed by atoms with E-state index in [9.17, 15) is 4.39 Å². The minimum atomic E-state index is -0.392. The van der Waals surface area contributed by atoms with Crippen LogP contribution < -0.4 is 10.5 Å². The summed E-state index contributed by atoms with van der Waals surface area (Å²) in [5.41, 5.74) is 6.84. The van der Waals surface area contributed by atoms with Crippen LogP contribution in [-0.2, 0) is 0 Å². The molecule has 0 spiro atoms. The topological polar surface area (TPSA) is 67.8 Å². The lowest BCUT2D eigenvalue weighted by Gasteiger charge is -2.13. The summed E-state index contributed by atoms with van der Waals surface area (Å²) in [6, 6.07) is 11.0. The van der Waals surface area contributed by atoms with Crippen LogP contribution in [0.25, 0.3) is 0 Å². The Balaban J connectivity index is 2.44. The molecule has 0 aliphatic carbocycles. The number of oxime groups is 1. The molecule has 2 rings (SSSR count). The monoisotopic (exact) mass is 260 g/mol. The average Bonchev–Trinajstić information content (AvgIpc) is 2.40. The van der Waals surface area contributed by atoms with Gasteiger partial charge < -0.3 is 15.7 Å². The molecule has 2 aromatic carbocycles. The Morgan fingerprint density at radius 1 is 1.26 bits per heavy atom. The van der Waals surface area contributed by atoms with E-state index in [0.29, 0.717) is 17.1 Å². The Bertz CT molecular complexity index is 627. The van der Waals surface area contributed by atoms with Crippen LogP contribution >= 0.6 is 0 Å². The predicted molar refractivity (Wildman–Crippen MR) is 70.2 cm³/mol. The number of benzene rings is 2. The third-order valence-corrected chi connectivity index (χ3v) is 2.61. The van der Waals surface area contributed by atoms with Crippen LogP contribution in [0.5, 0.6) is 11.5 Å². The molecule has 0 amide bonds. The molecule has 98 valence electrons. The Kier molecular flexibility index (Phi) is 3.66. The molecule has 0 aromatic heterocycles. The van der Waals surface area contributed by atoms with Gasteiger partial charge in [-0.15, -0.1) is 0 Å². The van der Waals surface area contributed by atoms with Crippen LogP contribution in [0.15, 0.2) is 47.6 Å². The molecule has 0 saturated heterocycles. The van der Waals surface area contributed by atoms with E-state index in [1.807, 2.05) is 13.0 Å². The zero-order chi connectivity index (χ0) is 13.8. The molecule has 0 radical (unpaired) electrons. The number of ether oxygens (including phenoxy) is 1. The summed E-state index contributed by atoms with van der Waals surface area (Å²) in [4.78, 5) is 0. The molecule has 0 unspecified atom stereocenters. The average molecular weight is 260 g/mol. The highest BCUT2D eigenvalue weighted by atomic mass is 19.1. The molecule has 3 N–H and O–H groups in total. The highest BCUT2D eigenvalue weighted by molar-refractivity contribution is 6.00. The molecular weight excluding hydrogens is 247 g/mol. The second kappa shape index (κ2) is 5.39. The SMILES string of the molecule is Cc1cccc(/C(N)=N/O)c1Oc1cccc(F)c1. The van der Waals surface area contributed by atoms with E-state index in [0.717, 1.165) is 5.56 Å². The van der Waals surface area contributed by atoms with Gasteiger partial charge in [-0.05, 0) is 30.7 Å². The summed E-state index contributed by atoms with van der Waals surface area (Å²) >= 11 is 0. The highest BCUT2D eigenvalue weighted by Gasteiger charge is 2.12. The van der Waals surface area contributed by atoms with E-state index in [1.165, 1.54) is 12.1 Å². The maximum Gasteiger partial charge on any atom is 0.173 e. The number of hydrogen-bond acceptors (Lipinski definition) is 3. The quantitative estimate of drug-likeness (QED) is 0.386. The van der Waals surface area contributed by atoms with Gasteiger partial charge in [0.15, 0.2) is 5.84 Å². The smallest absolute Gasteiger partial charge is 0.173 e. The fraction of sp³-hybridized carbons (Fsp3) is 0.0714. The van der Waals surface area contributed by atoms with Crippen molar-refractivity contribution in [2.24, 2.45) is 10.9 Å². The van der Waals surface area contributed by atoms with E-state index in [-0.39, 0.29) is 5.84 Å². The number of rotatable bonds is 3. The molecule has 4 nitrogen and oxygen atoms in total. The molecule has 0 heterocycles. The molecule has 0 bridgehead atoms. The number of halogens is 1. The van der Waals surface area contributed by atoms with Crippen molar-refractivity contribution in [2.45, 2.75) is 6.92 Å². The normalized spacial score (nSPS) is 11.4. The fourth-order valence-corrected chi connectivity index (χ4v) is 1.69. The second-order valence-electron chi connectivity index (χ2n) is 4.00. The largest absolute Gasteiger partial charge is 0.456 e. The van der Waals surface area contributed by atoms with E-state index < -0.39 is 5.82 Å². The molecule has 0 aliphatic rings. The van der Waals surface area contributed by atoms with Crippen LogP contribution in [0.2, 0.25) is 0 Å². The summed E-state index contributed by atoms with van der Waals surface area (Å²) < 4.78 is 18.8.